The molecule has 0 nitrogen and oxygen atoms in total. The van der Waals surface area contributed by atoms with Gasteiger partial charge in [0, 0.05) is 10.9 Å². The molecule has 0 aliphatic carbocycles. The Morgan fingerprint density at radius 3 is 2.29 bits per heavy atom. The molecule has 17 heavy (non-hydrogen) atoms. The molecule has 0 aromatic heterocycles. The Labute approximate surface area is 111 Å². The lowest BCUT2D eigenvalue weighted by molar-refractivity contribution is 0.383. The number of rotatable bonds is 5. The van der Waals surface area contributed by atoms with Gasteiger partial charge in [-0.15, -0.1) is 0 Å². The monoisotopic (exact) mass is 250 g/mol. The molecule has 1 aromatic rings. The third-order valence-corrected chi connectivity index (χ3v) is 3.89. The summed E-state index contributed by atoms with van der Waals surface area (Å²) in [6, 6.07) is 8.10. The van der Waals surface area contributed by atoms with E-state index in [1.165, 1.54) is 24.0 Å². The highest BCUT2D eigenvalue weighted by molar-refractivity contribution is 6.30. The third kappa shape index (κ3) is 3.61. The number of hydrogen-bond donors (Lipinski definition) is 0. The summed E-state index contributed by atoms with van der Waals surface area (Å²) in [5.74, 6) is 0.383. The second kappa shape index (κ2) is 5.73. The summed E-state index contributed by atoms with van der Waals surface area (Å²) < 4.78 is 0. The molecule has 0 bridgehead atoms. The zero-order valence-corrected chi connectivity index (χ0v) is 12.1. The summed E-state index contributed by atoms with van der Waals surface area (Å²) in [6.07, 6.45) is 2.38. The fraction of sp³-hybridized carbons (Fsp3) is 0.500. The van der Waals surface area contributed by atoms with Gasteiger partial charge in [-0.3, -0.25) is 0 Å². The molecular formula is C16H23Cl. The highest BCUT2D eigenvalue weighted by Crippen LogP contribution is 2.39. The molecule has 0 fully saturated rings. The molecule has 0 spiro atoms. The Kier molecular flexibility index (Phi) is 4.82. The average molecular weight is 251 g/mol. The van der Waals surface area contributed by atoms with Crippen LogP contribution in [0.1, 0.15) is 52.0 Å². The summed E-state index contributed by atoms with van der Waals surface area (Å²) in [5.41, 5.74) is 2.80. The van der Waals surface area contributed by atoms with Gasteiger partial charge >= 0.3 is 0 Å². The van der Waals surface area contributed by atoms with Crippen molar-refractivity contribution in [2.24, 2.45) is 5.41 Å². The third-order valence-electron chi connectivity index (χ3n) is 3.64. The summed E-state index contributed by atoms with van der Waals surface area (Å²) in [4.78, 5) is 0. The van der Waals surface area contributed by atoms with E-state index >= 15 is 0 Å². The molecule has 0 saturated carbocycles. The van der Waals surface area contributed by atoms with Crippen LogP contribution in [0, 0.1) is 5.41 Å². The highest BCUT2D eigenvalue weighted by Gasteiger charge is 2.25. The minimum absolute atomic E-state index is 0.202. The normalized spacial score (nSPS) is 13.5. The van der Waals surface area contributed by atoms with E-state index in [0.717, 1.165) is 5.02 Å². The average Bonchev–Trinajstić information content (AvgIpc) is 2.28. The summed E-state index contributed by atoms with van der Waals surface area (Å²) in [5, 5.41) is 0.791. The van der Waals surface area contributed by atoms with Crippen molar-refractivity contribution in [2.75, 3.05) is 0 Å². The Morgan fingerprint density at radius 1 is 1.29 bits per heavy atom. The molecule has 1 heteroatoms. The van der Waals surface area contributed by atoms with Gasteiger partial charge in [0.25, 0.3) is 0 Å². The van der Waals surface area contributed by atoms with Crippen LogP contribution in [0.3, 0.4) is 0 Å². The van der Waals surface area contributed by atoms with Crippen molar-refractivity contribution in [3.05, 3.63) is 47.0 Å². The van der Waals surface area contributed by atoms with Gasteiger partial charge in [0.15, 0.2) is 0 Å². The SMILES string of the molecule is C=C(C(C)c1ccc(Cl)cc1)C(C)(C)CCC. The topological polar surface area (TPSA) is 0 Å². The van der Waals surface area contributed by atoms with Crippen LogP contribution in [-0.4, -0.2) is 0 Å². The second-order valence-electron chi connectivity index (χ2n) is 5.43. The van der Waals surface area contributed by atoms with Crippen molar-refractivity contribution >= 4 is 11.6 Å². The molecule has 0 N–H and O–H groups in total. The number of hydrogen-bond acceptors (Lipinski definition) is 0. The molecule has 94 valence electrons. The largest absolute Gasteiger partial charge is 0.0987 e. The van der Waals surface area contributed by atoms with Crippen LogP contribution in [0.15, 0.2) is 36.4 Å². The Balaban J connectivity index is 2.86. The van der Waals surface area contributed by atoms with Crippen molar-refractivity contribution in [3.8, 4) is 0 Å². The van der Waals surface area contributed by atoms with E-state index in [9.17, 15) is 0 Å². The fourth-order valence-electron chi connectivity index (χ4n) is 2.32. The molecule has 0 radical (unpaired) electrons. The molecule has 0 aliphatic heterocycles. The molecule has 0 saturated heterocycles. The van der Waals surface area contributed by atoms with Gasteiger partial charge in [-0.25, -0.2) is 0 Å². The van der Waals surface area contributed by atoms with Crippen LogP contribution in [0.4, 0.5) is 0 Å². The Morgan fingerprint density at radius 2 is 1.82 bits per heavy atom. The second-order valence-corrected chi connectivity index (χ2v) is 5.87. The molecule has 1 rings (SSSR count). The van der Waals surface area contributed by atoms with Crippen molar-refractivity contribution in [3.63, 3.8) is 0 Å². The van der Waals surface area contributed by atoms with E-state index in [2.05, 4.69) is 46.4 Å². The first-order valence-corrected chi connectivity index (χ1v) is 6.71. The van der Waals surface area contributed by atoms with Crippen molar-refractivity contribution in [2.45, 2.75) is 46.5 Å². The van der Waals surface area contributed by atoms with E-state index in [1.54, 1.807) is 0 Å². The minimum atomic E-state index is 0.202. The molecule has 1 atom stereocenters. The summed E-state index contributed by atoms with van der Waals surface area (Å²) >= 11 is 5.91. The van der Waals surface area contributed by atoms with Crippen molar-refractivity contribution < 1.29 is 0 Å². The van der Waals surface area contributed by atoms with Crippen LogP contribution >= 0.6 is 11.6 Å². The number of allylic oxidation sites excluding steroid dienone is 1. The molecule has 0 amide bonds. The fourth-order valence-corrected chi connectivity index (χ4v) is 2.45. The maximum Gasteiger partial charge on any atom is 0.0406 e. The minimum Gasteiger partial charge on any atom is -0.0987 e. The lowest BCUT2D eigenvalue weighted by Crippen LogP contribution is -2.18. The van der Waals surface area contributed by atoms with Gasteiger partial charge in [0.05, 0.1) is 0 Å². The van der Waals surface area contributed by atoms with Gasteiger partial charge in [-0.1, -0.05) is 70.0 Å². The quantitative estimate of drug-likeness (QED) is 0.577. The highest BCUT2D eigenvalue weighted by atomic mass is 35.5. The Hall–Kier alpha value is -0.750. The molecule has 1 unspecified atom stereocenters. The first-order valence-electron chi connectivity index (χ1n) is 6.33. The van der Waals surface area contributed by atoms with Gasteiger partial charge in [0.2, 0.25) is 0 Å². The number of benzene rings is 1. The standard InChI is InChI=1S/C16H23Cl/c1-6-11-16(4,5)13(3)12(2)14-7-9-15(17)10-8-14/h7-10,12H,3,6,11H2,1-2,4-5H3. The maximum atomic E-state index is 5.91. The first-order chi connectivity index (χ1) is 7.88. The Bertz CT molecular complexity index is 373. The van der Waals surface area contributed by atoms with E-state index in [4.69, 9.17) is 11.6 Å². The zero-order chi connectivity index (χ0) is 13.1. The van der Waals surface area contributed by atoms with E-state index in [1.807, 2.05) is 12.1 Å². The lowest BCUT2D eigenvalue weighted by Gasteiger charge is -2.31. The first kappa shape index (κ1) is 14.3. The van der Waals surface area contributed by atoms with Crippen LogP contribution < -0.4 is 0 Å². The smallest absolute Gasteiger partial charge is 0.0406 e. The maximum absolute atomic E-state index is 5.91. The van der Waals surface area contributed by atoms with E-state index in [-0.39, 0.29) is 5.41 Å². The van der Waals surface area contributed by atoms with Gasteiger partial charge in [-0.05, 0) is 29.5 Å². The summed E-state index contributed by atoms with van der Waals surface area (Å²) in [7, 11) is 0. The van der Waals surface area contributed by atoms with Gasteiger partial charge < -0.3 is 0 Å². The predicted molar refractivity (Wildman–Crippen MR) is 77.7 cm³/mol. The van der Waals surface area contributed by atoms with Crippen LogP contribution in [0.5, 0.6) is 0 Å². The van der Waals surface area contributed by atoms with Crippen LogP contribution in [0.2, 0.25) is 5.02 Å². The van der Waals surface area contributed by atoms with Crippen molar-refractivity contribution in [1.82, 2.24) is 0 Å². The molecule has 0 aliphatic rings. The van der Waals surface area contributed by atoms with E-state index in [0.29, 0.717) is 5.92 Å². The van der Waals surface area contributed by atoms with Crippen LogP contribution in [0.25, 0.3) is 0 Å². The molecule has 0 heterocycles. The zero-order valence-electron chi connectivity index (χ0n) is 11.4. The van der Waals surface area contributed by atoms with Crippen molar-refractivity contribution in [1.29, 1.82) is 0 Å². The predicted octanol–water partition coefficient (Wildman–Crippen LogP) is 5.83. The number of halogens is 1. The van der Waals surface area contributed by atoms with Gasteiger partial charge in [0.1, 0.15) is 0 Å². The van der Waals surface area contributed by atoms with Gasteiger partial charge in [-0.2, -0.15) is 0 Å². The molecular weight excluding hydrogens is 228 g/mol. The molecule has 1 aromatic carbocycles. The lowest BCUT2D eigenvalue weighted by atomic mass is 9.74. The van der Waals surface area contributed by atoms with E-state index < -0.39 is 0 Å². The summed E-state index contributed by atoms with van der Waals surface area (Å²) in [6.45, 7) is 13.3. The van der Waals surface area contributed by atoms with Crippen LogP contribution in [-0.2, 0) is 0 Å².